The largest absolute Gasteiger partial charge is 0.444 e. The van der Waals surface area contributed by atoms with Gasteiger partial charge in [0, 0.05) is 33.7 Å². The van der Waals surface area contributed by atoms with Gasteiger partial charge in [-0.1, -0.05) is 0 Å². The molecule has 1 aromatic rings. The third kappa shape index (κ3) is 5.61. The molecule has 0 bridgehead atoms. The summed E-state index contributed by atoms with van der Waals surface area (Å²) in [4.78, 5) is 15.7. The molecule has 0 saturated carbocycles. The maximum atomic E-state index is 11.9. The molecule has 0 aliphatic heterocycles. The van der Waals surface area contributed by atoms with E-state index in [0.717, 1.165) is 29.0 Å². The minimum absolute atomic E-state index is 0.293. The quantitative estimate of drug-likeness (QED) is 0.794. The average molecular weight is 375 g/mol. The maximum absolute atomic E-state index is 11.9. The fourth-order valence-electron chi connectivity index (χ4n) is 1.94. The molecule has 0 aromatic carbocycles. The number of aromatic nitrogens is 2. The van der Waals surface area contributed by atoms with E-state index in [2.05, 4.69) is 25.9 Å². The zero-order valence-electron chi connectivity index (χ0n) is 14.6. The fraction of sp³-hybridized carbons (Fsp3) is 0.733. The van der Waals surface area contributed by atoms with Gasteiger partial charge in [-0.05, 0) is 50.7 Å². The first kappa shape index (κ1) is 19.0. The number of carbonyl (C=O) groups is 1. The number of amides is 1. The number of carbonyl (C=O) groups excluding carboxylic acids is 1. The van der Waals surface area contributed by atoms with Crippen LogP contribution in [0.15, 0.2) is 4.47 Å². The van der Waals surface area contributed by atoms with Crippen molar-refractivity contribution in [3.05, 3.63) is 15.9 Å². The van der Waals surface area contributed by atoms with Crippen molar-refractivity contribution in [2.45, 2.75) is 39.8 Å². The van der Waals surface area contributed by atoms with Crippen LogP contribution in [0, 0.1) is 6.92 Å². The highest BCUT2D eigenvalue weighted by atomic mass is 79.9. The zero-order valence-corrected chi connectivity index (χ0v) is 16.2. The van der Waals surface area contributed by atoms with E-state index in [9.17, 15) is 4.79 Å². The van der Waals surface area contributed by atoms with Crippen LogP contribution in [0.4, 0.5) is 4.79 Å². The van der Waals surface area contributed by atoms with E-state index in [1.807, 2.05) is 46.5 Å². The number of nitrogens with zero attached hydrogens (tertiary/aromatic N) is 4. The molecule has 7 heteroatoms. The Morgan fingerprint density at radius 2 is 1.91 bits per heavy atom. The van der Waals surface area contributed by atoms with Crippen molar-refractivity contribution in [2.75, 3.05) is 27.2 Å². The molecule has 0 aliphatic rings. The number of rotatable bonds is 5. The molecule has 6 nitrogen and oxygen atoms in total. The lowest BCUT2D eigenvalue weighted by Crippen LogP contribution is -2.38. The summed E-state index contributed by atoms with van der Waals surface area (Å²) in [7, 11) is 5.72. The Kier molecular flexibility index (Phi) is 6.43. The Labute approximate surface area is 141 Å². The number of ether oxygens (including phenoxy) is 1. The van der Waals surface area contributed by atoms with E-state index in [4.69, 9.17) is 4.74 Å². The predicted octanol–water partition coefficient (Wildman–Crippen LogP) is 2.79. The Bertz CT molecular complexity index is 522. The van der Waals surface area contributed by atoms with Crippen molar-refractivity contribution in [3.8, 4) is 0 Å². The number of hydrogen-bond acceptors (Lipinski definition) is 4. The first-order chi connectivity index (χ1) is 10.0. The monoisotopic (exact) mass is 374 g/mol. The van der Waals surface area contributed by atoms with Gasteiger partial charge in [-0.3, -0.25) is 9.58 Å². The predicted molar refractivity (Wildman–Crippen MR) is 90.8 cm³/mol. The second kappa shape index (κ2) is 7.46. The van der Waals surface area contributed by atoms with E-state index >= 15 is 0 Å². The second-order valence-electron chi connectivity index (χ2n) is 6.61. The number of halogens is 1. The molecule has 0 atom stereocenters. The highest BCUT2D eigenvalue weighted by molar-refractivity contribution is 9.10. The fourth-order valence-corrected chi connectivity index (χ4v) is 2.40. The highest BCUT2D eigenvalue weighted by Crippen LogP contribution is 2.21. The lowest BCUT2D eigenvalue weighted by atomic mass is 10.2. The normalized spacial score (nSPS) is 11.9. The van der Waals surface area contributed by atoms with Gasteiger partial charge < -0.3 is 9.64 Å². The molecule has 0 radical (unpaired) electrons. The van der Waals surface area contributed by atoms with Gasteiger partial charge in [0.15, 0.2) is 0 Å². The van der Waals surface area contributed by atoms with Crippen LogP contribution in [-0.2, 0) is 18.3 Å². The SMILES string of the molecule is Cc1nn(C)c(CN(C)CCN(C)C(=O)OC(C)(C)C)c1Br. The summed E-state index contributed by atoms with van der Waals surface area (Å²) in [6.45, 7) is 9.71. The van der Waals surface area contributed by atoms with Gasteiger partial charge in [0.1, 0.15) is 5.60 Å². The lowest BCUT2D eigenvalue weighted by molar-refractivity contribution is 0.0286. The zero-order chi connectivity index (χ0) is 17.1. The summed E-state index contributed by atoms with van der Waals surface area (Å²) >= 11 is 3.57. The summed E-state index contributed by atoms with van der Waals surface area (Å²) in [5.74, 6) is 0. The van der Waals surface area contributed by atoms with Gasteiger partial charge in [-0.2, -0.15) is 5.10 Å². The third-order valence-electron chi connectivity index (χ3n) is 3.20. The molecule has 1 heterocycles. The minimum atomic E-state index is -0.464. The standard InChI is InChI=1S/C15H27BrN4O2/c1-11-13(16)12(20(7)17-11)10-18(5)8-9-19(6)14(21)22-15(2,3)4/h8-10H2,1-7H3. The van der Waals surface area contributed by atoms with Gasteiger partial charge >= 0.3 is 6.09 Å². The Morgan fingerprint density at radius 3 is 2.36 bits per heavy atom. The average Bonchev–Trinajstić information content (AvgIpc) is 2.60. The van der Waals surface area contributed by atoms with Crippen molar-refractivity contribution in [1.29, 1.82) is 0 Å². The second-order valence-corrected chi connectivity index (χ2v) is 7.40. The van der Waals surface area contributed by atoms with E-state index in [-0.39, 0.29) is 6.09 Å². The number of likely N-dealkylation sites (N-methyl/N-ethyl adjacent to an activating group) is 2. The minimum Gasteiger partial charge on any atom is -0.444 e. The van der Waals surface area contributed by atoms with E-state index in [1.54, 1.807) is 11.9 Å². The molecule has 0 N–H and O–H groups in total. The number of hydrogen-bond donors (Lipinski definition) is 0. The molecule has 1 amide bonds. The molecular formula is C15H27BrN4O2. The van der Waals surface area contributed by atoms with E-state index < -0.39 is 5.60 Å². The molecule has 0 aliphatic carbocycles. The molecule has 126 valence electrons. The Balaban J connectivity index is 2.49. The number of aryl methyl sites for hydroxylation is 2. The van der Waals surface area contributed by atoms with Gasteiger partial charge in [0.05, 0.1) is 15.9 Å². The Morgan fingerprint density at radius 1 is 1.32 bits per heavy atom. The highest BCUT2D eigenvalue weighted by Gasteiger charge is 2.20. The maximum Gasteiger partial charge on any atom is 0.410 e. The van der Waals surface area contributed by atoms with Crippen molar-refractivity contribution in [2.24, 2.45) is 7.05 Å². The van der Waals surface area contributed by atoms with Crippen molar-refractivity contribution in [1.82, 2.24) is 19.6 Å². The first-order valence-electron chi connectivity index (χ1n) is 7.32. The summed E-state index contributed by atoms with van der Waals surface area (Å²) in [5.41, 5.74) is 1.64. The third-order valence-corrected chi connectivity index (χ3v) is 4.24. The molecule has 0 unspecified atom stereocenters. The Hall–Kier alpha value is -1.08. The smallest absolute Gasteiger partial charge is 0.410 e. The van der Waals surface area contributed by atoms with Crippen molar-refractivity contribution >= 4 is 22.0 Å². The molecule has 0 fully saturated rings. The van der Waals surface area contributed by atoms with Gasteiger partial charge in [0.2, 0.25) is 0 Å². The van der Waals surface area contributed by atoms with Gasteiger partial charge in [0.25, 0.3) is 0 Å². The molecule has 1 aromatic heterocycles. The molecule has 0 spiro atoms. The van der Waals surface area contributed by atoms with Gasteiger partial charge in [-0.15, -0.1) is 0 Å². The summed E-state index contributed by atoms with van der Waals surface area (Å²) in [6.07, 6.45) is -0.293. The van der Waals surface area contributed by atoms with Crippen LogP contribution in [0.3, 0.4) is 0 Å². The van der Waals surface area contributed by atoms with Crippen LogP contribution in [0.5, 0.6) is 0 Å². The molecule has 22 heavy (non-hydrogen) atoms. The summed E-state index contributed by atoms with van der Waals surface area (Å²) in [5, 5.41) is 4.39. The summed E-state index contributed by atoms with van der Waals surface area (Å²) in [6, 6.07) is 0. The van der Waals surface area contributed by atoms with Crippen LogP contribution in [0.2, 0.25) is 0 Å². The van der Waals surface area contributed by atoms with E-state index in [1.165, 1.54) is 0 Å². The van der Waals surface area contributed by atoms with Crippen LogP contribution < -0.4 is 0 Å². The van der Waals surface area contributed by atoms with Crippen LogP contribution in [0.25, 0.3) is 0 Å². The van der Waals surface area contributed by atoms with Crippen LogP contribution in [-0.4, -0.2) is 58.5 Å². The molecular weight excluding hydrogens is 348 g/mol. The molecule has 0 saturated heterocycles. The van der Waals surface area contributed by atoms with Crippen LogP contribution in [0.1, 0.15) is 32.2 Å². The van der Waals surface area contributed by atoms with Crippen molar-refractivity contribution < 1.29 is 9.53 Å². The topological polar surface area (TPSA) is 50.6 Å². The molecule has 1 rings (SSSR count). The lowest BCUT2D eigenvalue weighted by Gasteiger charge is -2.26. The van der Waals surface area contributed by atoms with E-state index in [0.29, 0.717) is 6.54 Å². The van der Waals surface area contributed by atoms with Crippen molar-refractivity contribution in [3.63, 3.8) is 0 Å². The first-order valence-corrected chi connectivity index (χ1v) is 8.11. The van der Waals surface area contributed by atoms with Gasteiger partial charge in [-0.25, -0.2) is 4.79 Å². The summed E-state index contributed by atoms with van der Waals surface area (Å²) < 4.78 is 8.26. The van der Waals surface area contributed by atoms with Crippen LogP contribution >= 0.6 is 15.9 Å².